The number of amides is 2. The van der Waals surface area contributed by atoms with Crippen LogP contribution in [0.5, 0.6) is 0 Å². The number of hydrogen-bond acceptors (Lipinski definition) is 3. The lowest BCUT2D eigenvalue weighted by atomic mass is 10.2. The van der Waals surface area contributed by atoms with Crippen LogP contribution in [0.1, 0.15) is 6.42 Å². The molecule has 0 aromatic rings. The largest absolute Gasteiger partial charge is 0.328 e. The summed E-state index contributed by atoms with van der Waals surface area (Å²) in [7, 11) is 1.80. The van der Waals surface area contributed by atoms with Crippen LogP contribution in [0.15, 0.2) is 0 Å². The van der Waals surface area contributed by atoms with Crippen molar-refractivity contribution in [3.05, 3.63) is 0 Å². The van der Waals surface area contributed by atoms with E-state index in [-0.39, 0.29) is 22.7 Å². The third-order valence-corrected chi connectivity index (χ3v) is 3.45. The Morgan fingerprint density at radius 1 is 1.50 bits per heavy atom. The number of likely N-dealkylation sites (N-methyl/N-ethyl adjacent to an activating group) is 1. The number of likely N-dealkylation sites (tertiary alicyclic amines) is 1. The molecule has 2 unspecified atom stereocenters. The zero-order chi connectivity index (χ0) is 10.3. The molecule has 2 saturated heterocycles. The second kappa shape index (κ2) is 3.51. The van der Waals surface area contributed by atoms with Gasteiger partial charge in [0.25, 0.3) is 5.91 Å². The second-order valence-corrected chi connectivity index (χ2v) is 4.77. The van der Waals surface area contributed by atoms with Gasteiger partial charge in [0, 0.05) is 20.1 Å². The number of alkyl halides is 1. The Labute approximate surface area is 90.5 Å². The van der Waals surface area contributed by atoms with Gasteiger partial charge in [-0.2, -0.15) is 0 Å². The minimum absolute atomic E-state index is 0.0282. The highest BCUT2D eigenvalue weighted by Crippen LogP contribution is 2.22. The summed E-state index contributed by atoms with van der Waals surface area (Å²) in [5.74, 6) is -0.0529. The zero-order valence-electron chi connectivity index (χ0n) is 7.86. The van der Waals surface area contributed by atoms with Crippen LogP contribution in [0.4, 0.5) is 0 Å². The molecule has 2 amide bonds. The standard InChI is InChI=1S/C8H12BrN3O2/c1-11-4-6(7(13)10-11)12-3-2-5(9)8(12)14/h5-6H,2-4H2,1H3,(H,10,13). The maximum Gasteiger partial charge on any atom is 0.258 e. The van der Waals surface area contributed by atoms with Crippen LogP contribution in [0.25, 0.3) is 0 Å². The fourth-order valence-corrected chi connectivity index (χ4v) is 2.33. The molecule has 1 N–H and O–H groups in total. The lowest BCUT2D eigenvalue weighted by Crippen LogP contribution is -2.43. The minimum atomic E-state index is -0.310. The third kappa shape index (κ3) is 1.52. The van der Waals surface area contributed by atoms with Gasteiger partial charge in [0.05, 0.1) is 4.83 Å². The Bertz CT molecular complexity index is 284. The van der Waals surface area contributed by atoms with Gasteiger partial charge in [-0.1, -0.05) is 15.9 Å². The van der Waals surface area contributed by atoms with E-state index in [9.17, 15) is 9.59 Å². The Hall–Kier alpha value is -0.620. The molecule has 14 heavy (non-hydrogen) atoms. The summed E-state index contributed by atoms with van der Waals surface area (Å²) in [6.45, 7) is 1.24. The SMILES string of the molecule is CN1CC(N2CCC(Br)C2=O)C(=O)N1. The molecule has 2 atom stereocenters. The highest BCUT2D eigenvalue weighted by molar-refractivity contribution is 9.10. The number of nitrogens with one attached hydrogen (secondary N) is 1. The van der Waals surface area contributed by atoms with Crippen LogP contribution in [-0.2, 0) is 9.59 Å². The van der Waals surface area contributed by atoms with Crippen molar-refractivity contribution in [2.45, 2.75) is 17.3 Å². The van der Waals surface area contributed by atoms with Gasteiger partial charge in [0.2, 0.25) is 5.91 Å². The average molecular weight is 262 g/mol. The molecule has 5 nitrogen and oxygen atoms in total. The van der Waals surface area contributed by atoms with Crippen LogP contribution in [-0.4, -0.2) is 52.7 Å². The summed E-state index contributed by atoms with van der Waals surface area (Å²) < 4.78 is 0. The monoisotopic (exact) mass is 261 g/mol. The van der Waals surface area contributed by atoms with E-state index >= 15 is 0 Å². The maximum atomic E-state index is 11.6. The molecule has 0 radical (unpaired) electrons. The molecule has 0 aliphatic carbocycles. The first kappa shape index (κ1) is 9.92. The maximum absolute atomic E-state index is 11.6. The Kier molecular flexibility index (Phi) is 2.48. The molecule has 2 aliphatic heterocycles. The molecule has 2 aliphatic rings. The number of rotatable bonds is 1. The van der Waals surface area contributed by atoms with Crippen molar-refractivity contribution in [3.8, 4) is 0 Å². The lowest BCUT2D eigenvalue weighted by Gasteiger charge is -2.20. The van der Waals surface area contributed by atoms with Gasteiger partial charge in [-0.05, 0) is 6.42 Å². The highest BCUT2D eigenvalue weighted by atomic mass is 79.9. The molecule has 2 rings (SSSR count). The molecule has 6 heteroatoms. The van der Waals surface area contributed by atoms with E-state index in [0.29, 0.717) is 13.1 Å². The third-order valence-electron chi connectivity index (χ3n) is 2.60. The van der Waals surface area contributed by atoms with E-state index in [1.54, 1.807) is 17.0 Å². The lowest BCUT2D eigenvalue weighted by molar-refractivity contribution is -0.135. The molecule has 0 aromatic carbocycles. The van der Waals surface area contributed by atoms with Crippen molar-refractivity contribution in [1.29, 1.82) is 0 Å². The summed E-state index contributed by atoms with van der Waals surface area (Å²) in [6.07, 6.45) is 0.784. The van der Waals surface area contributed by atoms with E-state index in [0.717, 1.165) is 6.42 Å². The Morgan fingerprint density at radius 2 is 2.21 bits per heavy atom. The fraction of sp³-hybridized carbons (Fsp3) is 0.750. The molecular formula is C8H12BrN3O2. The van der Waals surface area contributed by atoms with Gasteiger partial charge in [-0.15, -0.1) is 0 Å². The van der Waals surface area contributed by atoms with E-state index < -0.39 is 0 Å². The van der Waals surface area contributed by atoms with Crippen molar-refractivity contribution in [2.75, 3.05) is 20.1 Å². The predicted octanol–water partition coefficient (Wildman–Crippen LogP) is -0.673. The van der Waals surface area contributed by atoms with Crippen molar-refractivity contribution in [1.82, 2.24) is 15.3 Å². The van der Waals surface area contributed by atoms with E-state index in [1.165, 1.54) is 0 Å². The summed E-state index contributed by atoms with van der Waals surface area (Å²) >= 11 is 3.29. The summed E-state index contributed by atoms with van der Waals surface area (Å²) in [5, 5.41) is 1.71. The van der Waals surface area contributed by atoms with E-state index in [2.05, 4.69) is 21.4 Å². The number of halogens is 1. The number of hydrazine groups is 1. The molecule has 0 spiro atoms. The summed E-state index contributed by atoms with van der Waals surface area (Å²) in [6, 6.07) is -0.310. The molecule has 0 saturated carbocycles. The molecule has 78 valence electrons. The molecule has 0 bridgehead atoms. The minimum Gasteiger partial charge on any atom is -0.328 e. The van der Waals surface area contributed by atoms with Gasteiger partial charge in [-0.25, -0.2) is 5.01 Å². The van der Waals surface area contributed by atoms with Gasteiger partial charge in [0.15, 0.2) is 0 Å². The Morgan fingerprint density at radius 3 is 2.64 bits per heavy atom. The quantitative estimate of drug-likeness (QED) is 0.637. The number of hydrogen-bond donors (Lipinski definition) is 1. The van der Waals surface area contributed by atoms with Gasteiger partial charge in [-0.3, -0.25) is 15.0 Å². The molecule has 0 aromatic heterocycles. The van der Waals surface area contributed by atoms with E-state index in [4.69, 9.17) is 0 Å². The van der Waals surface area contributed by atoms with E-state index in [1.807, 2.05) is 0 Å². The first-order valence-corrected chi connectivity index (χ1v) is 5.47. The normalized spacial score (nSPS) is 34.0. The smallest absolute Gasteiger partial charge is 0.258 e. The van der Waals surface area contributed by atoms with Crippen molar-refractivity contribution in [2.24, 2.45) is 0 Å². The number of carbonyl (C=O) groups excluding carboxylic acids is 2. The summed E-state index contributed by atoms with van der Waals surface area (Å²) in [4.78, 5) is 24.6. The summed E-state index contributed by atoms with van der Waals surface area (Å²) in [5.41, 5.74) is 2.66. The van der Waals surface area contributed by atoms with Crippen molar-refractivity contribution in [3.63, 3.8) is 0 Å². The first-order valence-electron chi connectivity index (χ1n) is 4.56. The van der Waals surface area contributed by atoms with Gasteiger partial charge >= 0.3 is 0 Å². The average Bonchev–Trinajstić information content (AvgIpc) is 2.59. The van der Waals surface area contributed by atoms with Crippen LogP contribution in [0, 0.1) is 0 Å². The zero-order valence-corrected chi connectivity index (χ0v) is 9.45. The molecule has 2 heterocycles. The van der Waals surface area contributed by atoms with Gasteiger partial charge < -0.3 is 4.90 Å². The first-order chi connectivity index (χ1) is 6.59. The number of nitrogens with zero attached hydrogens (tertiary/aromatic N) is 2. The fourth-order valence-electron chi connectivity index (χ4n) is 1.87. The number of carbonyl (C=O) groups is 2. The molecular weight excluding hydrogens is 250 g/mol. The molecule has 2 fully saturated rings. The predicted molar refractivity (Wildman–Crippen MR) is 53.6 cm³/mol. The van der Waals surface area contributed by atoms with Crippen molar-refractivity contribution < 1.29 is 9.59 Å². The Balaban J connectivity index is 2.09. The van der Waals surface area contributed by atoms with Crippen LogP contribution in [0.2, 0.25) is 0 Å². The van der Waals surface area contributed by atoms with Crippen LogP contribution in [0.3, 0.4) is 0 Å². The van der Waals surface area contributed by atoms with Crippen molar-refractivity contribution >= 4 is 27.7 Å². The second-order valence-electron chi connectivity index (χ2n) is 3.66. The highest BCUT2D eigenvalue weighted by Gasteiger charge is 2.41. The topological polar surface area (TPSA) is 52.7 Å². The van der Waals surface area contributed by atoms with Crippen LogP contribution >= 0.6 is 15.9 Å². The van der Waals surface area contributed by atoms with Gasteiger partial charge in [0.1, 0.15) is 6.04 Å². The van der Waals surface area contributed by atoms with Crippen LogP contribution < -0.4 is 5.43 Å².